The summed E-state index contributed by atoms with van der Waals surface area (Å²) in [5.74, 6) is -4.82. The van der Waals surface area contributed by atoms with Crippen LogP contribution in [0, 0.1) is 11.3 Å². The summed E-state index contributed by atoms with van der Waals surface area (Å²) < 4.78 is 5.70. The lowest BCUT2D eigenvalue weighted by atomic mass is 9.89. The predicted octanol–water partition coefficient (Wildman–Crippen LogP) is 0.594. The Labute approximate surface area is 311 Å². The Morgan fingerprint density at radius 3 is 2.63 bits per heavy atom. The summed E-state index contributed by atoms with van der Waals surface area (Å²) in [4.78, 5) is 70.7. The fourth-order valence-corrected chi connectivity index (χ4v) is 8.60. The number of nitrogens with two attached hydrogens (primary N) is 2. The molecule has 52 heavy (non-hydrogen) atoms. The molecule has 6 rings (SSSR count). The van der Waals surface area contributed by atoms with E-state index in [2.05, 4.69) is 10.1 Å². The first-order valence-corrected chi connectivity index (χ1v) is 18.1. The van der Waals surface area contributed by atoms with Gasteiger partial charge in [0, 0.05) is 28.0 Å². The lowest BCUT2D eigenvalue weighted by Crippen LogP contribution is -2.63. The number of β-lactam (4-membered cyclic amide) rings is 1. The van der Waals surface area contributed by atoms with Gasteiger partial charge in [-0.2, -0.15) is 0 Å². The summed E-state index contributed by atoms with van der Waals surface area (Å²) in [5, 5.41) is 41.3. The number of nitrogens with one attached hydrogen (secondary N) is 1. The van der Waals surface area contributed by atoms with E-state index in [-0.39, 0.29) is 45.5 Å². The molecule has 0 aromatic carbocycles. The number of halogens is 1. The maximum absolute atomic E-state index is 13.5. The van der Waals surface area contributed by atoms with Gasteiger partial charge in [0.05, 0.1) is 41.8 Å². The minimum atomic E-state index is -1.80. The molecule has 1 saturated heterocycles. The standard InChI is InChI=1S/C29H28ClN9O7S3.CH2O2/c1-29(2,27(44)45)46-35-19(20-22(30)49-28(33)34-20)17(40)8-16-24(41)39-21(26(42)43)14(12-48-25(16)39)9-37-4-3-18-36(5-6-38(18)37)10-15-7-13(11-47-15)23(31)32;2-1-3/h3-7,11,16,25H,8-10,12H2,1-2H3,(H6-,31,32,33,34,42,43,44,45);1H,(H,2,3)/b35-19+;/t16-,25-;/m1./s1. The number of carboxylic acid groups (broad SMARTS) is 3. The number of carboxylic acids is 2. The first kappa shape index (κ1) is 38.0. The number of thioether (sulfide) groups is 1. The van der Waals surface area contributed by atoms with Crippen molar-refractivity contribution >= 4 is 98.5 Å². The molecule has 6 heterocycles. The van der Waals surface area contributed by atoms with Gasteiger partial charge in [-0.1, -0.05) is 28.1 Å². The molecule has 0 radical (unpaired) electrons. The first-order chi connectivity index (χ1) is 24.6. The second-order valence-electron chi connectivity index (χ2n) is 11.8. The highest BCUT2D eigenvalue weighted by Gasteiger charge is 2.53. The molecular formula is C30H30ClN9O9S3. The van der Waals surface area contributed by atoms with E-state index < -0.39 is 52.7 Å². The van der Waals surface area contributed by atoms with Gasteiger partial charge in [-0.25, -0.2) is 19.0 Å². The van der Waals surface area contributed by atoms with Crippen LogP contribution in [0.15, 0.2) is 52.5 Å². The molecule has 0 unspecified atom stereocenters. The third-order valence-corrected chi connectivity index (χ3v) is 11.4. The van der Waals surface area contributed by atoms with E-state index in [1.807, 2.05) is 49.9 Å². The number of hydrogen-bond acceptors (Lipinski definition) is 14. The number of rotatable bonds is 13. The number of hydrogen-bond donors (Lipinski definition) is 5. The monoisotopic (exact) mass is 791 g/mol. The largest absolute Gasteiger partial charge is 0.543 e. The summed E-state index contributed by atoms with van der Waals surface area (Å²) in [6.07, 6.45) is 5.14. The average molecular weight is 792 g/mol. The van der Waals surface area contributed by atoms with Crippen LogP contribution in [0.3, 0.4) is 0 Å². The predicted molar refractivity (Wildman–Crippen MR) is 188 cm³/mol. The second-order valence-corrected chi connectivity index (χ2v) is 15.5. The van der Waals surface area contributed by atoms with E-state index in [9.17, 15) is 29.4 Å². The Morgan fingerprint density at radius 2 is 2.04 bits per heavy atom. The highest BCUT2D eigenvalue weighted by molar-refractivity contribution is 8.00. The topological polar surface area (TPSA) is 276 Å². The van der Waals surface area contributed by atoms with Gasteiger partial charge < -0.3 is 36.4 Å². The number of carbonyl (C=O) groups excluding carboxylic acids is 3. The van der Waals surface area contributed by atoms with Crippen molar-refractivity contribution in [2.45, 2.75) is 44.3 Å². The van der Waals surface area contributed by atoms with Crippen molar-refractivity contribution in [3.8, 4) is 0 Å². The van der Waals surface area contributed by atoms with Gasteiger partial charge >= 0.3 is 11.6 Å². The number of oxime groups is 1. The maximum Gasteiger partial charge on any atom is 0.350 e. The molecule has 1 fully saturated rings. The lowest BCUT2D eigenvalue weighted by molar-refractivity contribution is -0.661. The summed E-state index contributed by atoms with van der Waals surface area (Å²) >= 11 is 9.91. The number of carbonyl (C=O) groups is 5. The number of nitrogen functional groups attached to an aromatic ring is 2. The van der Waals surface area contributed by atoms with E-state index in [1.165, 1.54) is 36.9 Å². The van der Waals surface area contributed by atoms with Crippen molar-refractivity contribution in [2.24, 2.45) is 16.8 Å². The highest BCUT2D eigenvalue weighted by Crippen LogP contribution is 2.45. The molecule has 274 valence electrons. The smallest absolute Gasteiger partial charge is 0.350 e. The quantitative estimate of drug-likeness (QED) is 0.0310. The van der Waals surface area contributed by atoms with Crippen molar-refractivity contribution in [1.82, 2.24) is 19.1 Å². The number of anilines is 1. The molecule has 0 bridgehead atoms. The van der Waals surface area contributed by atoms with Crippen molar-refractivity contribution in [2.75, 3.05) is 11.5 Å². The number of aliphatic carboxylic acids is 2. The van der Waals surface area contributed by atoms with Crippen LogP contribution in [-0.2, 0) is 41.9 Å². The number of thiazole rings is 1. The summed E-state index contributed by atoms with van der Waals surface area (Å²) in [6, 6.07) is 3.75. The zero-order valence-electron chi connectivity index (χ0n) is 27.2. The highest BCUT2D eigenvalue weighted by atomic mass is 35.5. The van der Waals surface area contributed by atoms with Gasteiger partial charge in [0.25, 0.3) is 6.47 Å². The molecule has 18 nitrogen and oxygen atoms in total. The van der Waals surface area contributed by atoms with Gasteiger partial charge in [-0.05, 0) is 25.5 Å². The minimum absolute atomic E-state index is 0.000313. The molecule has 0 aliphatic carbocycles. The number of thiophene rings is 1. The Kier molecular flexibility index (Phi) is 11.1. The van der Waals surface area contributed by atoms with Crippen LogP contribution in [0.1, 0.15) is 36.4 Å². The fraction of sp³-hybridized carbons (Fsp3) is 0.300. The van der Waals surface area contributed by atoms with E-state index in [0.29, 0.717) is 17.7 Å². The Hall–Kier alpha value is -5.25. The number of nitrogens with zero attached hydrogens (tertiary/aromatic N) is 6. The fourth-order valence-electron chi connectivity index (χ4n) is 5.39. The van der Waals surface area contributed by atoms with Crippen LogP contribution >= 0.6 is 46.0 Å². The van der Waals surface area contributed by atoms with Crippen molar-refractivity contribution in [3.63, 3.8) is 0 Å². The molecule has 0 saturated carbocycles. The van der Waals surface area contributed by atoms with Crippen molar-refractivity contribution < 1.29 is 48.7 Å². The van der Waals surface area contributed by atoms with E-state index in [0.717, 1.165) is 26.8 Å². The molecule has 2 aliphatic rings. The summed E-state index contributed by atoms with van der Waals surface area (Å²) in [7, 11) is 0. The molecule has 1 amide bonds. The molecular weight excluding hydrogens is 762 g/mol. The molecule has 22 heteroatoms. The first-order valence-electron chi connectivity index (χ1n) is 15.0. The normalized spacial score (nSPS) is 17.2. The zero-order chi connectivity index (χ0) is 38.1. The van der Waals surface area contributed by atoms with E-state index in [4.69, 9.17) is 43.2 Å². The van der Waals surface area contributed by atoms with E-state index >= 15 is 0 Å². The molecule has 4 aromatic heterocycles. The van der Waals surface area contributed by atoms with Gasteiger partial charge in [0.1, 0.15) is 28.6 Å². The van der Waals surface area contributed by atoms with Gasteiger partial charge in [0.15, 0.2) is 22.8 Å². The molecule has 2 aliphatic heterocycles. The van der Waals surface area contributed by atoms with Crippen LogP contribution in [0.2, 0.25) is 4.34 Å². The Bertz CT molecular complexity index is 2170. The SMILES string of the molecule is CC(C)(O/N=C(\C(=O)C[C@@H]1C(=O)N2C(C(=O)[O-])=C(Cn3ccc4n3cc[n+]4Cc3cc(C(=N)N)cs3)CS[C@H]12)c1nc(N)sc1Cl)C(=O)O.O=CO. The number of amides is 1. The number of fused-ring (bicyclic) bond motifs is 2. The maximum atomic E-state index is 13.5. The van der Waals surface area contributed by atoms with Crippen LogP contribution in [-0.4, -0.2) is 87.7 Å². The van der Waals surface area contributed by atoms with Crippen molar-refractivity contribution in [1.29, 1.82) is 5.41 Å². The molecule has 7 N–H and O–H groups in total. The molecule has 2 atom stereocenters. The minimum Gasteiger partial charge on any atom is -0.543 e. The van der Waals surface area contributed by atoms with Crippen LogP contribution in [0.5, 0.6) is 0 Å². The third kappa shape index (κ3) is 7.52. The van der Waals surface area contributed by atoms with Crippen LogP contribution in [0.4, 0.5) is 5.13 Å². The summed E-state index contributed by atoms with van der Waals surface area (Å²) in [6.45, 7) is 2.92. The Balaban J connectivity index is 0.00000168. The van der Waals surface area contributed by atoms with Crippen LogP contribution in [0.25, 0.3) is 5.65 Å². The number of aromatic nitrogens is 4. The van der Waals surface area contributed by atoms with Crippen molar-refractivity contribution in [3.05, 3.63) is 67.8 Å². The lowest BCUT2D eigenvalue weighted by Gasteiger charge is -2.50. The van der Waals surface area contributed by atoms with Gasteiger partial charge in [-0.3, -0.25) is 24.7 Å². The second kappa shape index (κ2) is 15.2. The molecule has 0 spiro atoms. The number of ketones is 1. The van der Waals surface area contributed by atoms with Gasteiger partial charge in [-0.15, -0.1) is 27.6 Å². The van der Waals surface area contributed by atoms with Gasteiger partial charge in [0.2, 0.25) is 11.5 Å². The third-order valence-electron chi connectivity index (χ3n) is 7.96. The molecule has 4 aromatic rings. The number of imidazole rings is 1. The van der Waals surface area contributed by atoms with E-state index in [1.54, 1.807) is 0 Å². The number of amidine groups is 1. The van der Waals surface area contributed by atoms with Crippen LogP contribution < -0.4 is 21.1 Å². The number of Topliss-reactive ketones (excluding diaryl/α,β-unsaturated/α-hetero) is 1. The Morgan fingerprint density at radius 1 is 1.33 bits per heavy atom. The summed E-state index contributed by atoms with van der Waals surface area (Å²) in [5.41, 5.74) is 10.7. The zero-order valence-corrected chi connectivity index (χ0v) is 30.4. The average Bonchev–Trinajstić information content (AvgIpc) is 3.87.